The van der Waals surface area contributed by atoms with E-state index < -0.39 is 18.1 Å². The number of hydrogen-bond acceptors (Lipinski definition) is 4. The predicted octanol–water partition coefficient (Wildman–Crippen LogP) is 1.54. The van der Waals surface area contributed by atoms with Gasteiger partial charge in [-0.15, -0.1) is 0 Å². The Bertz CT molecular complexity index is 644. The number of alkyl halides is 3. The number of carboxylic acid groups (broad SMARTS) is 2. The molecule has 150 valence electrons. The molecule has 1 saturated carbocycles. The lowest BCUT2D eigenvalue weighted by Crippen LogP contribution is -2.40. The highest BCUT2D eigenvalue weighted by atomic mass is 19.4. The minimum absolute atomic E-state index is 0.0191. The van der Waals surface area contributed by atoms with Gasteiger partial charge in [0.05, 0.1) is 5.56 Å². The molecule has 1 amide bonds. The van der Waals surface area contributed by atoms with E-state index in [4.69, 9.17) is 15.0 Å². The van der Waals surface area contributed by atoms with Crippen molar-refractivity contribution in [1.29, 1.82) is 0 Å². The Kier molecular flexibility index (Phi) is 8.63. The van der Waals surface area contributed by atoms with Gasteiger partial charge < -0.3 is 15.5 Å². The fourth-order valence-electron chi connectivity index (χ4n) is 2.38. The van der Waals surface area contributed by atoms with E-state index >= 15 is 0 Å². The van der Waals surface area contributed by atoms with Crippen LogP contribution in [0.5, 0.6) is 0 Å². The van der Waals surface area contributed by atoms with Crippen molar-refractivity contribution in [3.63, 3.8) is 0 Å². The van der Waals surface area contributed by atoms with Crippen LogP contribution in [-0.2, 0) is 16.1 Å². The van der Waals surface area contributed by atoms with Crippen LogP contribution in [0.1, 0.15) is 48.9 Å². The maximum Gasteiger partial charge on any atom is 0.490 e. The van der Waals surface area contributed by atoms with Crippen molar-refractivity contribution >= 4 is 17.8 Å². The van der Waals surface area contributed by atoms with Gasteiger partial charge in [0.1, 0.15) is 12.6 Å². The smallest absolute Gasteiger partial charge is 0.481 e. The maximum absolute atomic E-state index is 12.0. The predicted molar refractivity (Wildman–Crippen MR) is 84.7 cm³/mol. The normalized spacial score (nSPS) is 14.6. The summed E-state index contributed by atoms with van der Waals surface area (Å²) >= 11 is 0. The average molecular weight is 392 g/mol. The molecular formula is C16H21F3N3O5+. The van der Waals surface area contributed by atoms with Crippen LogP contribution in [0.3, 0.4) is 0 Å². The molecule has 1 fully saturated rings. The van der Waals surface area contributed by atoms with Gasteiger partial charge in [0, 0.05) is 12.1 Å². The summed E-state index contributed by atoms with van der Waals surface area (Å²) in [6.07, 6.45) is 3.75. The summed E-state index contributed by atoms with van der Waals surface area (Å²) in [5.74, 6) is -3.72. The molecule has 0 aliphatic heterocycles. The standard InChI is InChI=1S/C14H19N3O3.C2HF3O2/c18-13(19)7-9-17-8-6-11(10-15-17)14(20)16-12-4-2-1-3-5-12;3-2(4,5)1(6)7/h6,8,10,12H,1-5,7,9H2,(H-,16,18,19,20);(H,6,7)/p+1. The number of aryl methyl sites for hydroxylation is 1. The molecule has 0 radical (unpaired) electrons. The number of amides is 1. The molecule has 1 aliphatic carbocycles. The molecule has 27 heavy (non-hydrogen) atoms. The summed E-state index contributed by atoms with van der Waals surface area (Å²) < 4.78 is 33.3. The Morgan fingerprint density at radius 3 is 2.22 bits per heavy atom. The first-order chi connectivity index (χ1) is 12.6. The first-order valence-electron chi connectivity index (χ1n) is 8.28. The third-order valence-electron chi connectivity index (χ3n) is 3.77. The van der Waals surface area contributed by atoms with Gasteiger partial charge >= 0.3 is 18.1 Å². The van der Waals surface area contributed by atoms with Crippen LogP contribution < -0.4 is 10.00 Å². The molecule has 8 nitrogen and oxygen atoms in total. The van der Waals surface area contributed by atoms with Crippen molar-refractivity contribution in [2.45, 2.75) is 57.3 Å². The van der Waals surface area contributed by atoms with Crippen molar-refractivity contribution in [2.75, 3.05) is 0 Å². The monoisotopic (exact) mass is 392 g/mol. The Labute approximate surface area is 153 Å². The van der Waals surface area contributed by atoms with E-state index in [1.165, 1.54) is 30.1 Å². The molecule has 0 atom stereocenters. The summed E-state index contributed by atoms with van der Waals surface area (Å²) in [5.41, 5.74) is 0.516. The highest BCUT2D eigenvalue weighted by Gasteiger charge is 2.38. The van der Waals surface area contributed by atoms with E-state index in [-0.39, 0.29) is 18.4 Å². The molecule has 1 aliphatic rings. The topological polar surface area (TPSA) is 120 Å². The van der Waals surface area contributed by atoms with Crippen LogP contribution in [0, 0.1) is 0 Å². The largest absolute Gasteiger partial charge is 0.490 e. The number of nitrogens with one attached hydrogen (secondary N) is 1. The number of halogens is 3. The van der Waals surface area contributed by atoms with Gasteiger partial charge in [0.15, 0.2) is 12.7 Å². The zero-order chi connectivity index (χ0) is 20.4. The number of carbonyl (C=O) groups is 3. The number of aromatic nitrogens is 2. The quantitative estimate of drug-likeness (QED) is 0.654. The number of carbonyl (C=O) groups excluding carboxylic acids is 1. The lowest BCUT2D eigenvalue weighted by atomic mass is 9.95. The molecule has 3 N–H and O–H groups in total. The molecule has 0 saturated heterocycles. The molecule has 0 aromatic carbocycles. The van der Waals surface area contributed by atoms with E-state index in [1.54, 1.807) is 12.3 Å². The van der Waals surface area contributed by atoms with E-state index in [2.05, 4.69) is 10.4 Å². The minimum Gasteiger partial charge on any atom is -0.481 e. The van der Waals surface area contributed by atoms with Crippen LogP contribution >= 0.6 is 0 Å². The summed E-state index contributed by atoms with van der Waals surface area (Å²) in [7, 11) is 0. The number of carboxylic acids is 2. The Balaban J connectivity index is 0.000000445. The maximum atomic E-state index is 12.0. The molecule has 1 aromatic heterocycles. The number of nitrogens with zero attached hydrogens (tertiary/aromatic N) is 2. The van der Waals surface area contributed by atoms with Crippen molar-refractivity contribution in [3.8, 4) is 0 Å². The van der Waals surface area contributed by atoms with Crippen molar-refractivity contribution < 1.29 is 42.4 Å². The molecule has 0 spiro atoms. The molecule has 11 heteroatoms. The van der Waals surface area contributed by atoms with E-state index in [0.29, 0.717) is 12.1 Å². The van der Waals surface area contributed by atoms with Gasteiger partial charge in [-0.2, -0.15) is 13.2 Å². The third kappa shape index (κ3) is 8.97. The van der Waals surface area contributed by atoms with Crippen LogP contribution in [0.15, 0.2) is 18.5 Å². The lowest BCUT2D eigenvalue weighted by Gasteiger charge is -2.22. The number of hydrogen-bond donors (Lipinski definition) is 3. The number of aliphatic carboxylic acids is 2. The highest BCUT2D eigenvalue weighted by Crippen LogP contribution is 2.17. The van der Waals surface area contributed by atoms with Crippen molar-refractivity contribution in [3.05, 3.63) is 24.0 Å². The fraction of sp³-hybridized carbons (Fsp3) is 0.562. The molecule has 1 heterocycles. The molecule has 0 unspecified atom stereocenters. The van der Waals surface area contributed by atoms with Gasteiger partial charge in [-0.05, 0) is 17.9 Å². The summed E-state index contributed by atoms with van der Waals surface area (Å²) in [6, 6.07) is 1.95. The number of rotatable bonds is 5. The molecule has 0 bridgehead atoms. The summed E-state index contributed by atoms with van der Waals surface area (Å²) in [4.78, 5) is 31.4. The fourth-order valence-corrected chi connectivity index (χ4v) is 2.38. The second-order valence-electron chi connectivity index (χ2n) is 5.93. The molecule has 2 rings (SSSR count). The minimum atomic E-state index is -5.08. The molecular weight excluding hydrogens is 371 g/mol. The second kappa shape index (κ2) is 10.4. The highest BCUT2D eigenvalue weighted by molar-refractivity contribution is 5.93. The van der Waals surface area contributed by atoms with Gasteiger partial charge in [-0.25, -0.2) is 4.79 Å². The van der Waals surface area contributed by atoms with E-state index in [1.807, 2.05) is 0 Å². The van der Waals surface area contributed by atoms with Gasteiger partial charge in [0.25, 0.3) is 5.91 Å². The SMILES string of the molecule is O=C(O)C(F)(F)F.O=C(O)CC[n+]1ccc(C(=O)NC2CCCCC2)cn1. The van der Waals surface area contributed by atoms with E-state index in [9.17, 15) is 22.8 Å². The van der Waals surface area contributed by atoms with Gasteiger partial charge in [0.2, 0.25) is 0 Å². The lowest BCUT2D eigenvalue weighted by molar-refractivity contribution is -0.753. The van der Waals surface area contributed by atoms with E-state index in [0.717, 1.165) is 12.8 Å². The first-order valence-corrected chi connectivity index (χ1v) is 8.28. The third-order valence-corrected chi connectivity index (χ3v) is 3.77. The van der Waals surface area contributed by atoms with Gasteiger partial charge in [-0.1, -0.05) is 23.9 Å². The zero-order valence-electron chi connectivity index (χ0n) is 14.4. The Morgan fingerprint density at radius 1 is 1.19 bits per heavy atom. The average Bonchev–Trinajstić information content (AvgIpc) is 2.61. The molecule has 1 aromatic rings. The zero-order valence-corrected chi connectivity index (χ0v) is 14.4. The summed E-state index contributed by atoms with van der Waals surface area (Å²) in [5, 5.41) is 22.8. The van der Waals surface area contributed by atoms with Crippen LogP contribution in [0.25, 0.3) is 0 Å². The van der Waals surface area contributed by atoms with Crippen molar-refractivity contribution in [2.24, 2.45) is 0 Å². The van der Waals surface area contributed by atoms with Crippen LogP contribution in [0.2, 0.25) is 0 Å². The Hall–Kier alpha value is -2.72. The van der Waals surface area contributed by atoms with Crippen LogP contribution in [-0.4, -0.2) is 45.4 Å². The Morgan fingerprint density at radius 2 is 1.78 bits per heavy atom. The van der Waals surface area contributed by atoms with Crippen LogP contribution in [0.4, 0.5) is 13.2 Å². The summed E-state index contributed by atoms with van der Waals surface area (Å²) in [6.45, 7) is 0.305. The first kappa shape index (κ1) is 22.3. The van der Waals surface area contributed by atoms with Crippen molar-refractivity contribution in [1.82, 2.24) is 10.4 Å². The second-order valence-corrected chi connectivity index (χ2v) is 5.93. The van der Waals surface area contributed by atoms with Gasteiger partial charge in [-0.3, -0.25) is 9.59 Å².